The Hall–Kier alpha value is -4.47. The Balaban J connectivity index is 1.64. The fourth-order valence-electron chi connectivity index (χ4n) is 4.09. The van der Waals surface area contributed by atoms with Crippen LogP contribution in [0.5, 0.6) is 5.75 Å². The molecule has 5 rings (SSSR count). The first-order chi connectivity index (χ1) is 16.7. The van der Waals surface area contributed by atoms with Crippen LogP contribution in [0.4, 0.5) is 18.9 Å². The monoisotopic (exact) mass is 483 g/mol. The highest BCUT2D eigenvalue weighted by atomic mass is 19.4. The lowest BCUT2D eigenvalue weighted by Gasteiger charge is -2.25. The minimum atomic E-state index is -4.67. The van der Waals surface area contributed by atoms with Gasteiger partial charge in [0.1, 0.15) is 11.8 Å². The van der Waals surface area contributed by atoms with Gasteiger partial charge in [-0.15, -0.1) is 0 Å². The molecule has 0 radical (unpaired) electrons. The number of para-hydroxylation sites is 1. The number of aliphatic hydroxyl groups is 1. The van der Waals surface area contributed by atoms with Crippen molar-refractivity contribution in [3.05, 3.63) is 95.3 Å². The Morgan fingerprint density at radius 3 is 2.54 bits per heavy atom. The van der Waals surface area contributed by atoms with E-state index < -0.39 is 35.2 Å². The van der Waals surface area contributed by atoms with Crippen LogP contribution in [0.15, 0.2) is 87.1 Å². The number of aliphatic hydroxyl groups excluding tert-OH is 1. The number of ketones is 1. The highest BCUT2D eigenvalue weighted by Crippen LogP contribution is 2.44. The van der Waals surface area contributed by atoms with Gasteiger partial charge in [-0.05, 0) is 42.5 Å². The van der Waals surface area contributed by atoms with Gasteiger partial charge in [0, 0.05) is 11.1 Å². The minimum absolute atomic E-state index is 0.0665. The summed E-state index contributed by atoms with van der Waals surface area (Å²) in [7, 11) is 1.43. The van der Waals surface area contributed by atoms with Crippen LogP contribution in [-0.2, 0) is 11.0 Å². The van der Waals surface area contributed by atoms with Crippen LogP contribution >= 0.6 is 0 Å². The van der Waals surface area contributed by atoms with E-state index in [0.717, 1.165) is 23.1 Å². The zero-order valence-electron chi connectivity index (χ0n) is 18.0. The van der Waals surface area contributed by atoms with E-state index in [1.165, 1.54) is 37.6 Å². The van der Waals surface area contributed by atoms with Gasteiger partial charge in [-0.25, -0.2) is 0 Å². The third-order valence-electron chi connectivity index (χ3n) is 5.67. The van der Waals surface area contributed by atoms with E-state index in [-0.39, 0.29) is 28.4 Å². The van der Waals surface area contributed by atoms with Crippen LogP contribution in [0.25, 0.3) is 11.0 Å². The van der Waals surface area contributed by atoms with E-state index in [1.54, 1.807) is 18.2 Å². The SMILES string of the molecule is COc1cccc2cc(C(=O)C3=C(O)C(=O)N(c4cccc(C(F)(F)F)c4)C3c3ccco3)oc12. The standard InChI is InChI=1S/C25H16F3NO6/c1-33-17-8-2-5-13-11-18(35-23(13)17)21(30)19-20(16-9-4-10-34-16)29(24(32)22(19)31)15-7-3-6-14(12-15)25(26,27)28/h2-12,20,31H,1H3. The molecule has 10 heteroatoms. The number of benzene rings is 2. The highest BCUT2D eigenvalue weighted by molar-refractivity contribution is 6.20. The normalized spacial score (nSPS) is 16.4. The van der Waals surface area contributed by atoms with Gasteiger partial charge in [-0.1, -0.05) is 18.2 Å². The van der Waals surface area contributed by atoms with E-state index >= 15 is 0 Å². The van der Waals surface area contributed by atoms with Gasteiger partial charge in [0.15, 0.2) is 22.9 Å². The predicted molar refractivity (Wildman–Crippen MR) is 117 cm³/mol. The van der Waals surface area contributed by atoms with Crippen molar-refractivity contribution >= 4 is 28.3 Å². The first kappa shape index (κ1) is 22.3. The molecule has 0 saturated carbocycles. The maximum Gasteiger partial charge on any atom is 0.416 e. The summed E-state index contributed by atoms with van der Waals surface area (Å²) in [5.41, 5.74) is -1.27. The Labute approximate surface area is 195 Å². The van der Waals surface area contributed by atoms with Crippen molar-refractivity contribution in [2.45, 2.75) is 12.2 Å². The molecule has 2 aromatic carbocycles. The lowest BCUT2D eigenvalue weighted by atomic mass is 9.99. The number of alkyl halides is 3. The van der Waals surface area contributed by atoms with Crippen LogP contribution in [-0.4, -0.2) is 23.9 Å². The number of hydrogen-bond donors (Lipinski definition) is 1. The van der Waals surface area contributed by atoms with Crippen molar-refractivity contribution in [2.75, 3.05) is 12.0 Å². The summed E-state index contributed by atoms with van der Waals surface area (Å²) in [4.78, 5) is 27.5. The number of rotatable bonds is 5. The van der Waals surface area contributed by atoms with Gasteiger partial charge in [0.2, 0.25) is 5.78 Å². The number of methoxy groups -OCH3 is 1. The Kier molecular flexibility index (Phi) is 5.16. The van der Waals surface area contributed by atoms with Gasteiger partial charge >= 0.3 is 6.18 Å². The maximum absolute atomic E-state index is 13.5. The summed E-state index contributed by atoms with van der Waals surface area (Å²) in [5.74, 6) is -2.55. The molecule has 0 fully saturated rings. The molecule has 35 heavy (non-hydrogen) atoms. The Morgan fingerprint density at radius 1 is 1.09 bits per heavy atom. The molecular weight excluding hydrogens is 467 g/mol. The largest absolute Gasteiger partial charge is 0.503 e. The maximum atomic E-state index is 13.5. The zero-order valence-corrected chi connectivity index (χ0v) is 18.0. The van der Waals surface area contributed by atoms with E-state index in [0.29, 0.717) is 11.1 Å². The fourth-order valence-corrected chi connectivity index (χ4v) is 4.09. The number of nitrogens with zero attached hydrogens (tertiary/aromatic N) is 1. The molecule has 1 amide bonds. The van der Waals surface area contributed by atoms with E-state index in [9.17, 15) is 27.9 Å². The number of carbonyl (C=O) groups is 2. The van der Waals surface area contributed by atoms with Gasteiger partial charge < -0.3 is 18.7 Å². The predicted octanol–water partition coefficient (Wildman–Crippen LogP) is 5.84. The molecular formula is C25H16F3NO6. The second kappa shape index (κ2) is 8.08. The average Bonchev–Trinajstić information content (AvgIpc) is 3.57. The molecule has 1 unspecified atom stereocenters. The lowest BCUT2D eigenvalue weighted by molar-refractivity contribution is -0.137. The topological polar surface area (TPSA) is 93.1 Å². The van der Waals surface area contributed by atoms with Crippen molar-refractivity contribution in [3.63, 3.8) is 0 Å². The third-order valence-corrected chi connectivity index (χ3v) is 5.67. The van der Waals surface area contributed by atoms with Gasteiger partial charge in [0.25, 0.3) is 5.91 Å². The number of amides is 1. The van der Waals surface area contributed by atoms with Crippen molar-refractivity contribution in [2.24, 2.45) is 0 Å². The van der Waals surface area contributed by atoms with E-state index in [4.69, 9.17) is 13.6 Å². The lowest BCUT2D eigenvalue weighted by Crippen LogP contribution is -2.31. The second-order valence-electron chi connectivity index (χ2n) is 7.72. The molecule has 4 aromatic rings. The Bertz CT molecular complexity index is 1480. The number of ether oxygens (including phenoxy) is 1. The second-order valence-corrected chi connectivity index (χ2v) is 7.72. The van der Waals surface area contributed by atoms with Gasteiger partial charge in [-0.2, -0.15) is 13.2 Å². The van der Waals surface area contributed by atoms with Crippen LogP contribution < -0.4 is 9.64 Å². The molecule has 1 aliphatic heterocycles. The van der Waals surface area contributed by atoms with Crippen molar-refractivity contribution < 1.29 is 41.4 Å². The van der Waals surface area contributed by atoms with Crippen molar-refractivity contribution in [1.82, 2.24) is 0 Å². The summed E-state index contributed by atoms with van der Waals surface area (Å²) in [6, 6.07) is 12.1. The van der Waals surface area contributed by atoms with Gasteiger partial charge in [0.05, 0.1) is 24.5 Å². The number of fused-ring (bicyclic) bond motifs is 1. The molecule has 2 aromatic heterocycles. The zero-order chi connectivity index (χ0) is 24.9. The molecule has 1 atom stereocenters. The van der Waals surface area contributed by atoms with E-state index in [1.807, 2.05) is 0 Å². The Morgan fingerprint density at radius 2 is 1.86 bits per heavy atom. The summed E-state index contributed by atoms with van der Waals surface area (Å²) in [6.07, 6.45) is -3.38. The minimum Gasteiger partial charge on any atom is -0.503 e. The summed E-state index contributed by atoms with van der Waals surface area (Å²) >= 11 is 0. The summed E-state index contributed by atoms with van der Waals surface area (Å²) in [6.45, 7) is 0. The molecule has 1 N–H and O–H groups in total. The van der Waals surface area contributed by atoms with Crippen LogP contribution in [0.1, 0.15) is 27.9 Å². The summed E-state index contributed by atoms with van der Waals surface area (Å²) < 4.78 is 56.3. The van der Waals surface area contributed by atoms with Crippen molar-refractivity contribution in [1.29, 1.82) is 0 Å². The molecule has 178 valence electrons. The van der Waals surface area contributed by atoms with Crippen molar-refractivity contribution in [3.8, 4) is 5.75 Å². The molecule has 3 heterocycles. The number of Topliss-reactive ketones (excluding diaryl/α,β-unsaturated/α-hetero) is 1. The first-order valence-electron chi connectivity index (χ1n) is 10.3. The average molecular weight is 483 g/mol. The van der Waals surface area contributed by atoms with Crippen LogP contribution in [0.3, 0.4) is 0 Å². The molecule has 0 saturated heterocycles. The van der Waals surface area contributed by atoms with Crippen LogP contribution in [0.2, 0.25) is 0 Å². The number of anilines is 1. The summed E-state index contributed by atoms with van der Waals surface area (Å²) in [5, 5.41) is 11.3. The van der Waals surface area contributed by atoms with Gasteiger partial charge in [-0.3, -0.25) is 14.5 Å². The molecule has 0 spiro atoms. The molecule has 7 nitrogen and oxygen atoms in total. The third kappa shape index (κ3) is 3.63. The van der Waals surface area contributed by atoms with E-state index in [2.05, 4.69) is 0 Å². The number of furan rings is 2. The highest BCUT2D eigenvalue weighted by Gasteiger charge is 2.47. The molecule has 0 aliphatic carbocycles. The number of halogens is 3. The quantitative estimate of drug-likeness (QED) is 0.359. The fraction of sp³-hybridized carbons (Fsp3) is 0.120. The molecule has 0 bridgehead atoms. The van der Waals surface area contributed by atoms with Crippen LogP contribution in [0, 0.1) is 0 Å². The first-order valence-corrected chi connectivity index (χ1v) is 10.3. The smallest absolute Gasteiger partial charge is 0.416 e. The molecule has 1 aliphatic rings. The number of hydrogen-bond acceptors (Lipinski definition) is 6. The number of carbonyl (C=O) groups excluding carboxylic acids is 2.